The molecule has 25 heavy (non-hydrogen) atoms. The van der Waals surface area contributed by atoms with Gasteiger partial charge >= 0.3 is 5.97 Å². The molecule has 2 amide bonds. The number of hydrogen-bond acceptors (Lipinski definition) is 4. The third-order valence-electron chi connectivity index (χ3n) is 5.82. The molecule has 1 saturated heterocycles. The van der Waals surface area contributed by atoms with Gasteiger partial charge in [-0.2, -0.15) is 0 Å². The monoisotopic (exact) mass is 341 g/mol. The first kappa shape index (κ1) is 16.3. The van der Waals surface area contributed by atoms with E-state index in [2.05, 4.69) is 0 Å². The summed E-state index contributed by atoms with van der Waals surface area (Å²) in [5.74, 6) is 0.0697. The second kappa shape index (κ2) is 5.97. The van der Waals surface area contributed by atoms with Gasteiger partial charge in [-0.05, 0) is 55.2 Å². The van der Waals surface area contributed by atoms with Crippen molar-refractivity contribution in [3.05, 3.63) is 29.8 Å². The lowest BCUT2D eigenvalue weighted by Crippen LogP contribution is -2.32. The number of fused-ring (bicyclic) bond motifs is 5. The molecule has 4 atom stereocenters. The lowest BCUT2D eigenvalue weighted by molar-refractivity contribution is -0.123. The standard InChI is InChI=1S/C20H23NO4/c1-11(2)10-25-20(24)14-4-3-5-15(9-14)21-18(22)16-12-6-7-13(8-12)17(16)19(21)23/h3-5,9,11-13,16-17H,6-8,10H2,1-2H3/t12-,13+,16-,17+. The maximum Gasteiger partial charge on any atom is 0.338 e. The fraction of sp³-hybridized carbons (Fsp3) is 0.550. The van der Waals surface area contributed by atoms with Gasteiger partial charge in [0.25, 0.3) is 0 Å². The van der Waals surface area contributed by atoms with E-state index in [0.717, 1.165) is 19.3 Å². The van der Waals surface area contributed by atoms with E-state index < -0.39 is 5.97 Å². The Labute approximate surface area is 147 Å². The van der Waals surface area contributed by atoms with Crippen LogP contribution in [0.1, 0.15) is 43.5 Å². The van der Waals surface area contributed by atoms with Crippen LogP contribution in [0, 0.1) is 29.6 Å². The fourth-order valence-electron chi connectivity index (χ4n) is 4.76. The number of rotatable bonds is 4. The van der Waals surface area contributed by atoms with Gasteiger partial charge in [0.2, 0.25) is 11.8 Å². The van der Waals surface area contributed by atoms with Crippen molar-refractivity contribution in [2.45, 2.75) is 33.1 Å². The van der Waals surface area contributed by atoms with E-state index in [1.165, 1.54) is 4.90 Å². The van der Waals surface area contributed by atoms with Crippen molar-refractivity contribution < 1.29 is 19.1 Å². The van der Waals surface area contributed by atoms with Gasteiger partial charge in [0, 0.05) is 0 Å². The average molecular weight is 341 g/mol. The third kappa shape index (κ3) is 2.57. The molecular formula is C20H23NO4. The van der Waals surface area contributed by atoms with E-state index in [0.29, 0.717) is 29.7 Å². The molecule has 1 aromatic rings. The lowest BCUT2D eigenvalue weighted by atomic mass is 9.81. The topological polar surface area (TPSA) is 63.7 Å². The highest BCUT2D eigenvalue weighted by Crippen LogP contribution is 2.56. The van der Waals surface area contributed by atoms with Gasteiger partial charge < -0.3 is 4.74 Å². The van der Waals surface area contributed by atoms with Gasteiger partial charge in [-0.25, -0.2) is 4.79 Å². The van der Waals surface area contributed by atoms with Crippen LogP contribution in [0.2, 0.25) is 0 Å². The van der Waals surface area contributed by atoms with Gasteiger partial charge in [0.05, 0.1) is 29.7 Å². The Morgan fingerprint density at radius 2 is 1.80 bits per heavy atom. The lowest BCUT2D eigenvalue weighted by Gasteiger charge is -2.19. The first-order chi connectivity index (χ1) is 12.0. The zero-order valence-corrected chi connectivity index (χ0v) is 14.6. The fourth-order valence-corrected chi connectivity index (χ4v) is 4.76. The van der Waals surface area contributed by atoms with E-state index >= 15 is 0 Å². The summed E-state index contributed by atoms with van der Waals surface area (Å²) in [6.07, 6.45) is 3.13. The number of imide groups is 1. The van der Waals surface area contributed by atoms with Gasteiger partial charge in [-0.3, -0.25) is 14.5 Å². The number of carbonyl (C=O) groups is 3. The Hall–Kier alpha value is -2.17. The second-order valence-corrected chi connectivity index (χ2v) is 7.94. The van der Waals surface area contributed by atoms with Crippen LogP contribution in [-0.4, -0.2) is 24.4 Å². The normalized spacial score (nSPS) is 30.3. The summed E-state index contributed by atoms with van der Waals surface area (Å²) in [7, 11) is 0. The first-order valence-corrected chi connectivity index (χ1v) is 9.12. The largest absolute Gasteiger partial charge is 0.462 e. The summed E-state index contributed by atoms with van der Waals surface area (Å²) in [5, 5.41) is 0. The van der Waals surface area contributed by atoms with E-state index in [-0.39, 0.29) is 29.6 Å². The SMILES string of the molecule is CC(C)COC(=O)c1cccc(N2C(=O)[C@@H]3[C@@H]4CC[C@@H](C4)[C@@H]3C2=O)c1. The Morgan fingerprint density at radius 3 is 2.40 bits per heavy atom. The van der Waals surface area contributed by atoms with Crippen LogP contribution in [0.3, 0.4) is 0 Å². The van der Waals surface area contributed by atoms with E-state index in [4.69, 9.17) is 4.74 Å². The van der Waals surface area contributed by atoms with Crippen molar-refractivity contribution in [3.63, 3.8) is 0 Å². The van der Waals surface area contributed by atoms with Crippen LogP contribution in [0.4, 0.5) is 5.69 Å². The Kier molecular flexibility index (Phi) is 3.89. The van der Waals surface area contributed by atoms with E-state index in [9.17, 15) is 14.4 Å². The zero-order valence-electron chi connectivity index (χ0n) is 14.6. The van der Waals surface area contributed by atoms with E-state index in [1.54, 1.807) is 24.3 Å². The quantitative estimate of drug-likeness (QED) is 0.624. The molecule has 0 aromatic heterocycles. The number of hydrogen-bond donors (Lipinski definition) is 0. The first-order valence-electron chi connectivity index (χ1n) is 9.12. The van der Waals surface area contributed by atoms with Crippen molar-refractivity contribution in [3.8, 4) is 0 Å². The molecule has 5 heteroatoms. The highest BCUT2D eigenvalue weighted by molar-refractivity contribution is 6.22. The van der Waals surface area contributed by atoms with Crippen LogP contribution >= 0.6 is 0 Å². The van der Waals surface area contributed by atoms with Crippen LogP contribution in [0.25, 0.3) is 0 Å². The smallest absolute Gasteiger partial charge is 0.338 e. The van der Waals surface area contributed by atoms with Crippen molar-refractivity contribution in [2.24, 2.45) is 29.6 Å². The number of ether oxygens (including phenoxy) is 1. The molecule has 3 fully saturated rings. The molecule has 3 aliphatic rings. The predicted molar refractivity (Wildman–Crippen MR) is 91.9 cm³/mol. The Morgan fingerprint density at radius 1 is 1.16 bits per heavy atom. The van der Waals surface area contributed by atoms with Gasteiger partial charge in [0.1, 0.15) is 0 Å². The highest BCUT2D eigenvalue weighted by atomic mass is 16.5. The molecule has 0 unspecified atom stereocenters. The summed E-state index contributed by atoms with van der Waals surface area (Å²) in [6.45, 7) is 4.29. The zero-order chi connectivity index (χ0) is 17.7. The minimum atomic E-state index is -0.421. The molecule has 2 aliphatic carbocycles. The van der Waals surface area contributed by atoms with Crippen LogP contribution in [0.15, 0.2) is 24.3 Å². The van der Waals surface area contributed by atoms with Crippen LogP contribution in [0.5, 0.6) is 0 Å². The molecule has 0 radical (unpaired) electrons. The molecule has 5 nitrogen and oxygen atoms in total. The maximum absolute atomic E-state index is 12.9. The number of benzene rings is 1. The minimum absolute atomic E-state index is 0.0881. The molecule has 0 N–H and O–H groups in total. The summed E-state index contributed by atoms with van der Waals surface area (Å²) in [6, 6.07) is 6.67. The summed E-state index contributed by atoms with van der Waals surface area (Å²) in [5.41, 5.74) is 0.863. The van der Waals surface area contributed by atoms with Crippen molar-refractivity contribution in [2.75, 3.05) is 11.5 Å². The number of anilines is 1. The maximum atomic E-state index is 12.9. The van der Waals surface area contributed by atoms with Crippen LogP contribution < -0.4 is 4.90 Å². The number of esters is 1. The van der Waals surface area contributed by atoms with Gasteiger partial charge in [0.15, 0.2) is 0 Å². The highest BCUT2D eigenvalue weighted by Gasteiger charge is 2.61. The number of nitrogens with zero attached hydrogens (tertiary/aromatic N) is 1. The van der Waals surface area contributed by atoms with Crippen molar-refractivity contribution >= 4 is 23.5 Å². The Bertz CT molecular complexity index is 713. The average Bonchev–Trinajstić information content (AvgIpc) is 3.26. The summed E-state index contributed by atoms with van der Waals surface area (Å²) in [4.78, 5) is 39.2. The third-order valence-corrected chi connectivity index (χ3v) is 5.82. The molecule has 4 rings (SSSR count). The molecule has 132 valence electrons. The van der Waals surface area contributed by atoms with Crippen molar-refractivity contribution in [1.82, 2.24) is 0 Å². The molecule has 1 heterocycles. The second-order valence-electron chi connectivity index (χ2n) is 7.94. The summed E-state index contributed by atoms with van der Waals surface area (Å²) >= 11 is 0. The molecule has 0 spiro atoms. The minimum Gasteiger partial charge on any atom is -0.462 e. The Balaban J connectivity index is 1.58. The molecular weight excluding hydrogens is 318 g/mol. The van der Waals surface area contributed by atoms with Crippen LogP contribution in [-0.2, 0) is 14.3 Å². The number of carbonyl (C=O) groups excluding carboxylic acids is 3. The van der Waals surface area contributed by atoms with Gasteiger partial charge in [-0.1, -0.05) is 19.9 Å². The van der Waals surface area contributed by atoms with E-state index in [1.807, 2.05) is 13.8 Å². The molecule has 2 saturated carbocycles. The summed E-state index contributed by atoms with van der Waals surface area (Å²) < 4.78 is 5.25. The molecule has 2 bridgehead atoms. The number of amides is 2. The predicted octanol–water partition coefficient (Wildman–Crippen LogP) is 3.03. The van der Waals surface area contributed by atoms with Crippen molar-refractivity contribution in [1.29, 1.82) is 0 Å². The molecule has 1 aromatic carbocycles. The molecule has 1 aliphatic heterocycles. The van der Waals surface area contributed by atoms with Gasteiger partial charge in [-0.15, -0.1) is 0 Å².